The molecule has 0 aliphatic carbocycles. The summed E-state index contributed by atoms with van der Waals surface area (Å²) in [5, 5.41) is 2.73. The highest BCUT2D eigenvalue weighted by molar-refractivity contribution is 7.89. The number of para-hydroxylation sites is 1. The largest absolute Gasteiger partial charge is 0.483 e. The average molecular weight is 453 g/mol. The summed E-state index contributed by atoms with van der Waals surface area (Å²) < 4.78 is 33.3. The molecule has 0 atom stereocenters. The molecule has 0 saturated carbocycles. The fraction of sp³-hybridized carbons (Fsp3) is 0.240. The van der Waals surface area contributed by atoms with E-state index < -0.39 is 10.0 Å². The van der Waals surface area contributed by atoms with E-state index in [0.29, 0.717) is 11.4 Å². The summed E-state index contributed by atoms with van der Waals surface area (Å²) in [5.74, 6) is 0.340. The van der Waals surface area contributed by atoms with Crippen LogP contribution in [0, 0.1) is 0 Å². The quantitative estimate of drug-likeness (QED) is 0.528. The van der Waals surface area contributed by atoms with Crippen molar-refractivity contribution in [3.05, 3.63) is 90.0 Å². The zero-order valence-corrected chi connectivity index (χ0v) is 19.3. The lowest BCUT2D eigenvalue weighted by atomic mass is 9.86. The number of carbonyl (C=O) groups is 1. The molecule has 0 aromatic heterocycles. The molecular formula is C25H28N2O4S. The van der Waals surface area contributed by atoms with E-state index in [0.717, 1.165) is 11.1 Å². The van der Waals surface area contributed by atoms with E-state index in [1.165, 1.54) is 12.1 Å². The van der Waals surface area contributed by atoms with Crippen molar-refractivity contribution in [2.75, 3.05) is 11.9 Å². The van der Waals surface area contributed by atoms with Gasteiger partial charge in [0.05, 0.1) is 4.90 Å². The second-order valence-electron chi connectivity index (χ2n) is 8.42. The highest BCUT2D eigenvalue weighted by Crippen LogP contribution is 2.30. The van der Waals surface area contributed by atoms with Gasteiger partial charge in [-0.05, 0) is 46.9 Å². The summed E-state index contributed by atoms with van der Waals surface area (Å²) in [4.78, 5) is 12.4. The van der Waals surface area contributed by atoms with Crippen molar-refractivity contribution in [3.8, 4) is 5.75 Å². The lowest BCUT2D eigenvalue weighted by molar-refractivity contribution is -0.118. The highest BCUT2D eigenvalue weighted by atomic mass is 32.2. The molecular weight excluding hydrogens is 424 g/mol. The van der Waals surface area contributed by atoms with Crippen LogP contribution in [0.3, 0.4) is 0 Å². The van der Waals surface area contributed by atoms with Crippen LogP contribution in [0.5, 0.6) is 5.75 Å². The minimum Gasteiger partial charge on any atom is -0.483 e. The maximum absolute atomic E-state index is 12.5. The molecule has 0 heterocycles. The standard InChI is InChI=1S/C25H28N2O4S/c1-25(2,3)22-11-7-8-12-23(22)31-18-24(28)27-20-13-15-21(16-14-20)32(29,30)26-17-19-9-5-4-6-10-19/h4-16,26H,17-18H2,1-3H3,(H,27,28). The van der Waals surface area contributed by atoms with Crippen molar-refractivity contribution in [2.45, 2.75) is 37.6 Å². The number of benzene rings is 3. The Morgan fingerprint density at radius 2 is 1.50 bits per heavy atom. The van der Waals surface area contributed by atoms with Crippen molar-refractivity contribution in [1.82, 2.24) is 4.72 Å². The summed E-state index contributed by atoms with van der Waals surface area (Å²) in [6.07, 6.45) is 0. The zero-order valence-electron chi connectivity index (χ0n) is 18.5. The molecule has 1 amide bonds. The van der Waals surface area contributed by atoms with Crippen LogP contribution in [0.1, 0.15) is 31.9 Å². The smallest absolute Gasteiger partial charge is 0.262 e. The van der Waals surface area contributed by atoms with E-state index in [1.54, 1.807) is 12.1 Å². The molecule has 3 aromatic carbocycles. The maximum atomic E-state index is 12.5. The van der Waals surface area contributed by atoms with Crippen LogP contribution in [0.2, 0.25) is 0 Å². The van der Waals surface area contributed by atoms with Crippen LogP contribution in [0.15, 0.2) is 83.8 Å². The highest BCUT2D eigenvalue weighted by Gasteiger charge is 2.19. The van der Waals surface area contributed by atoms with Gasteiger partial charge in [0.25, 0.3) is 5.91 Å². The van der Waals surface area contributed by atoms with Gasteiger partial charge in [-0.15, -0.1) is 0 Å². The first kappa shape index (κ1) is 23.5. The first-order valence-corrected chi connectivity index (χ1v) is 11.8. The Hall–Kier alpha value is -3.16. The lowest BCUT2D eigenvalue weighted by Crippen LogP contribution is -2.23. The molecule has 7 heteroatoms. The van der Waals surface area contributed by atoms with Crippen molar-refractivity contribution in [2.24, 2.45) is 0 Å². The molecule has 0 bridgehead atoms. The van der Waals surface area contributed by atoms with Crippen LogP contribution in [-0.4, -0.2) is 20.9 Å². The number of nitrogens with one attached hydrogen (secondary N) is 2. The molecule has 0 fully saturated rings. The molecule has 0 saturated heterocycles. The predicted molar refractivity (Wildman–Crippen MR) is 126 cm³/mol. The Morgan fingerprint density at radius 3 is 2.16 bits per heavy atom. The average Bonchev–Trinajstić information content (AvgIpc) is 2.77. The van der Waals surface area contributed by atoms with E-state index in [-0.39, 0.29) is 29.4 Å². The number of hydrogen-bond acceptors (Lipinski definition) is 4. The van der Waals surface area contributed by atoms with Crippen LogP contribution in [-0.2, 0) is 26.8 Å². The monoisotopic (exact) mass is 452 g/mol. The molecule has 6 nitrogen and oxygen atoms in total. The van der Waals surface area contributed by atoms with Gasteiger partial charge in [0, 0.05) is 12.2 Å². The molecule has 0 radical (unpaired) electrons. The summed E-state index contributed by atoms with van der Waals surface area (Å²) in [6.45, 7) is 6.31. The van der Waals surface area contributed by atoms with Crippen molar-refractivity contribution in [3.63, 3.8) is 0 Å². The van der Waals surface area contributed by atoms with E-state index in [9.17, 15) is 13.2 Å². The van der Waals surface area contributed by atoms with Crippen molar-refractivity contribution >= 4 is 21.6 Å². The van der Waals surface area contributed by atoms with Gasteiger partial charge in [-0.3, -0.25) is 4.79 Å². The minimum atomic E-state index is -3.66. The number of amides is 1. The van der Waals surface area contributed by atoms with Gasteiger partial charge in [-0.1, -0.05) is 69.3 Å². The lowest BCUT2D eigenvalue weighted by Gasteiger charge is -2.22. The maximum Gasteiger partial charge on any atom is 0.262 e. The topological polar surface area (TPSA) is 84.5 Å². The predicted octanol–water partition coefficient (Wildman–Crippen LogP) is 4.48. The Balaban J connectivity index is 1.57. The zero-order chi connectivity index (χ0) is 23.2. The van der Waals surface area contributed by atoms with Gasteiger partial charge in [-0.2, -0.15) is 0 Å². The molecule has 168 valence electrons. The molecule has 3 rings (SSSR count). The van der Waals surface area contributed by atoms with Crippen LogP contribution >= 0.6 is 0 Å². The van der Waals surface area contributed by atoms with Crippen LogP contribution in [0.4, 0.5) is 5.69 Å². The Morgan fingerprint density at radius 1 is 0.875 bits per heavy atom. The van der Waals surface area contributed by atoms with Gasteiger partial charge in [0.15, 0.2) is 6.61 Å². The van der Waals surface area contributed by atoms with Crippen molar-refractivity contribution in [1.29, 1.82) is 0 Å². The number of carbonyl (C=O) groups excluding carboxylic acids is 1. The van der Waals surface area contributed by atoms with Gasteiger partial charge >= 0.3 is 0 Å². The van der Waals surface area contributed by atoms with Gasteiger partial charge in [0.2, 0.25) is 10.0 Å². The number of anilines is 1. The molecule has 0 aliphatic heterocycles. The molecule has 0 unspecified atom stereocenters. The summed E-state index contributed by atoms with van der Waals surface area (Å²) in [7, 11) is -3.66. The Kier molecular flexibility index (Phi) is 7.33. The van der Waals surface area contributed by atoms with E-state index in [4.69, 9.17) is 4.74 Å². The molecule has 2 N–H and O–H groups in total. The van der Waals surface area contributed by atoms with Gasteiger partial charge in [0.1, 0.15) is 5.75 Å². The molecule has 0 spiro atoms. The number of sulfonamides is 1. The molecule has 3 aromatic rings. The first-order valence-electron chi connectivity index (χ1n) is 10.3. The van der Waals surface area contributed by atoms with Gasteiger partial charge in [-0.25, -0.2) is 13.1 Å². The molecule has 32 heavy (non-hydrogen) atoms. The fourth-order valence-corrected chi connectivity index (χ4v) is 4.15. The second kappa shape index (κ2) is 9.97. The summed E-state index contributed by atoms with van der Waals surface area (Å²) in [6, 6.07) is 22.9. The number of rotatable bonds is 8. The third kappa shape index (κ3) is 6.42. The minimum absolute atomic E-state index is 0.108. The summed E-state index contributed by atoms with van der Waals surface area (Å²) in [5.41, 5.74) is 2.27. The molecule has 0 aliphatic rings. The first-order chi connectivity index (χ1) is 15.1. The van der Waals surface area contributed by atoms with E-state index in [2.05, 4.69) is 30.8 Å². The number of hydrogen-bond donors (Lipinski definition) is 2. The number of ether oxygens (including phenoxy) is 1. The third-order valence-corrected chi connectivity index (χ3v) is 6.23. The van der Waals surface area contributed by atoms with Gasteiger partial charge < -0.3 is 10.1 Å². The fourth-order valence-electron chi connectivity index (χ4n) is 3.13. The normalized spacial score (nSPS) is 11.7. The van der Waals surface area contributed by atoms with Crippen molar-refractivity contribution < 1.29 is 17.9 Å². The van der Waals surface area contributed by atoms with E-state index in [1.807, 2.05) is 54.6 Å². The van der Waals surface area contributed by atoms with Crippen LogP contribution in [0.25, 0.3) is 0 Å². The SMILES string of the molecule is CC(C)(C)c1ccccc1OCC(=O)Nc1ccc(S(=O)(=O)NCc2ccccc2)cc1. The van der Waals surface area contributed by atoms with Crippen LogP contribution < -0.4 is 14.8 Å². The summed E-state index contributed by atoms with van der Waals surface area (Å²) >= 11 is 0. The van der Waals surface area contributed by atoms with E-state index >= 15 is 0 Å². The Bertz CT molecular complexity index is 1150. The third-order valence-electron chi connectivity index (χ3n) is 4.81. The Labute approximate surface area is 189 Å². The second-order valence-corrected chi connectivity index (χ2v) is 10.2.